The van der Waals surface area contributed by atoms with Crippen LogP contribution in [-0.4, -0.2) is 54.5 Å². The Kier molecular flexibility index (Phi) is 5.69. The summed E-state index contributed by atoms with van der Waals surface area (Å²) in [4.78, 5) is 39.0. The fourth-order valence-corrected chi connectivity index (χ4v) is 5.22. The Labute approximate surface area is 180 Å². The molecule has 1 saturated heterocycles. The molecule has 10 heteroatoms. The Bertz CT molecular complexity index is 1060. The predicted octanol–water partition coefficient (Wildman–Crippen LogP) is 1.84. The minimum atomic E-state index is -1.17. The molecule has 2 aromatic rings. The smallest absolute Gasteiger partial charge is 0.352 e. The van der Waals surface area contributed by atoms with Crippen molar-refractivity contribution in [3.8, 4) is 0 Å². The van der Waals surface area contributed by atoms with E-state index < -0.39 is 23.3 Å². The monoisotopic (exact) mass is 442 g/mol. The molecule has 1 aromatic heterocycles. The molecule has 0 aliphatic carbocycles. The number of carbonyl (C=O) groups excluding carboxylic acids is 2. The van der Waals surface area contributed by atoms with Gasteiger partial charge in [0.2, 0.25) is 5.91 Å². The second-order valence-corrected chi connectivity index (χ2v) is 8.74. The van der Waals surface area contributed by atoms with E-state index in [-0.39, 0.29) is 18.0 Å². The Morgan fingerprint density at radius 3 is 2.73 bits per heavy atom. The van der Waals surface area contributed by atoms with Crippen LogP contribution >= 0.6 is 23.3 Å². The maximum Gasteiger partial charge on any atom is 0.352 e. The third-order valence-corrected chi connectivity index (χ3v) is 6.94. The number of carbonyl (C=O) groups is 3. The minimum absolute atomic E-state index is 0.0383. The van der Waals surface area contributed by atoms with Crippen LogP contribution < -0.4 is 5.32 Å². The lowest BCUT2D eigenvalue weighted by Crippen LogP contribution is -2.70. The largest absolute Gasteiger partial charge is 0.477 e. The van der Waals surface area contributed by atoms with Crippen molar-refractivity contribution in [1.29, 1.82) is 0 Å². The van der Waals surface area contributed by atoms with E-state index in [4.69, 9.17) is 0 Å². The van der Waals surface area contributed by atoms with Gasteiger partial charge in [-0.3, -0.25) is 14.5 Å². The van der Waals surface area contributed by atoms with E-state index in [1.54, 1.807) is 12.2 Å². The molecule has 2 aliphatic rings. The minimum Gasteiger partial charge on any atom is -0.477 e. The Morgan fingerprint density at radius 1 is 1.30 bits per heavy atom. The number of aliphatic carboxylic acids is 1. The number of nitrogens with one attached hydrogen (secondary N) is 1. The first-order valence-electron chi connectivity index (χ1n) is 9.17. The SMILES string of the molecule is Cc1nnsc1/C=C/C1=C(C(=O)O)N2C(=O)C(NC(=O)Cc3ccccc3)[C@H]2SC1. The first-order valence-corrected chi connectivity index (χ1v) is 11.0. The fourth-order valence-electron chi connectivity index (χ4n) is 3.35. The molecule has 4 rings (SSSR count). The second kappa shape index (κ2) is 8.41. The summed E-state index contributed by atoms with van der Waals surface area (Å²) in [5.74, 6) is -1.42. The first kappa shape index (κ1) is 20.3. The lowest BCUT2D eigenvalue weighted by molar-refractivity contribution is -0.150. The maximum absolute atomic E-state index is 12.7. The zero-order valence-corrected chi connectivity index (χ0v) is 17.6. The molecule has 0 radical (unpaired) electrons. The van der Waals surface area contributed by atoms with Gasteiger partial charge in [0.15, 0.2) is 0 Å². The van der Waals surface area contributed by atoms with E-state index in [0.717, 1.165) is 16.1 Å². The van der Waals surface area contributed by atoms with Crippen LogP contribution in [0, 0.1) is 6.92 Å². The summed E-state index contributed by atoms with van der Waals surface area (Å²) in [5.41, 5.74) is 2.11. The maximum atomic E-state index is 12.7. The summed E-state index contributed by atoms with van der Waals surface area (Å²) in [6, 6.07) is 8.52. The van der Waals surface area contributed by atoms with Crippen molar-refractivity contribution >= 4 is 47.2 Å². The van der Waals surface area contributed by atoms with Crippen LogP contribution in [0.3, 0.4) is 0 Å². The number of carboxylic acid groups (broad SMARTS) is 1. The molecule has 30 heavy (non-hydrogen) atoms. The number of β-lactam (4-membered cyclic amide) rings is 1. The summed E-state index contributed by atoms with van der Waals surface area (Å²) < 4.78 is 3.86. The molecule has 0 bridgehead atoms. The van der Waals surface area contributed by atoms with Crippen LogP contribution in [0.25, 0.3) is 6.08 Å². The molecule has 8 nitrogen and oxygen atoms in total. The fraction of sp³-hybridized carbons (Fsp3) is 0.250. The number of benzene rings is 1. The number of aryl methyl sites for hydroxylation is 1. The number of fused-ring (bicyclic) bond motifs is 1. The van der Waals surface area contributed by atoms with Crippen LogP contribution in [-0.2, 0) is 20.8 Å². The predicted molar refractivity (Wildman–Crippen MR) is 114 cm³/mol. The van der Waals surface area contributed by atoms with Crippen LogP contribution in [0.2, 0.25) is 0 Å². The quantitative estimate of drug-likeness (QED) is 0.657. The Hall–Kier alpha value is -2.98. The van der Waals surface area contributed by atoms with E-state index in [1.807, 2.05) is 37.3 Å². The highest BCUT2D eigenvalue weighted by atomic mass is 32.2. The van der Waals surface area contributed by atoms with Crippen LogP contribution in [0.4, 0.5) is 0 Å². The first-order chi connectivity index (χ1) is 14.5. The summed E-state index contributed by atoms with van der Waals surface area (Å²) in [6.45, 7) is 1.82. The number of thioether (sulfide) groups is 1. The van der Waals surface area contributed by atoms with Gasteiger partial charge < -0.3 is 10.4 Å². The second-order valence-electron chi connectivity index (χ2n) is 6.85. The lowest BCUT2D eigenvalue weighted by atomic mass is 10.0. The van der Waals surface area contributed by atoms with Crippen LogP contribution in [0.1, 0.15) is 16.1 Å². The molecule has 2 aliphatic heterocycles. The molecular weight excluding hydrogens is 424 g/mol. The lowest BCUT2D eigenvalue weighted by Gasteiger charge is -2.49. The van der Waals surface area contributed by atoms with E-state index in [1.165, 1.54) is 28.2 Å². The Morgan fingerprint density at radius 2 is 2.07 bits per heavy atom. The molecule has 1 unspecified atom stereocenters. The van der Waals surface area contributed by atoms with Crippen molar-refractivity contribution in [1.82, 2.24) is 19.8 Å². The van der Waals surface area contributed by atoms with E-state index in [2.05, 4.69) is 14.9 Å². The van der Waals surface area contributed by atoms with Crippen molar-refractivity contribution in [3.63, 3.8) is 0 Å². The van der Waals surface area contributed by atoms with Gasteiger partial charge in [-0.2, -0.15) is 0 Å². The summed E-state index contributed by atoms with van der Waals surface area (Å²) >= 11 is 2.65. The van der Waals surface area contributed by atoms with Gasteiger partial charge in [-0.05, 0) is 35.7 Å². The normalized spacial score (nSPS) is 20.8. The van der Waals surface area contributed by atoms with Crippen molar-refractivity contribution < 1.29 is 19.5 Å². The molecule has 154 valence electrons. The van der Waals surface area contributed by atoms with Gasteiger partial charge >= 0.3 is 5.97 Å². The van der Waals surface area contributed by atoms with Crippen LogP contribution in [0.15, 0.2) is 47.7 Å². The number of nitrogens with zero attached hydrogens (tertiary/aromatic N) is 3. The van der Waals surface area contributed by atoms with Gasteiger partial charge in [-0.25, -0.2) is 4.79 Å². The van der Waals surface area contributed by atoms with Gasteiger partial charge in [0.05, 0.1) is 17.0 Å². The number of allylic oxidation sites excluding steroid dienone is 1. The standard InChI is InChI=1S/C20H18N4O4S2/c1-11-14(30-23-22-11)8-7-13-10-29-19-16(18(26)24(19)17(13)20(27)28)21-15(25)9-12-5-3-2-4-6-12/h2-8,16,19H,9-10H2,1H3,(H,21,25)(H,27,28)/b8-7+/t16?,19-/m1/s1. The Balaban J connectivity index is 1.49. The van der Waals surface area contributed by atoms with Gasteiger partial charge in [-0.15, -0.1) is 16.9 Å². The molecular formula is C20H18N4O4S2. The average Bonchev–Trinajstić information content (AvgIpc) is 3.15. The number of amides is 2. The summed E-state index contributed by atoms with van der Waals surface area (Å²) in [6.07, 6.45) is 3.63. The third kappa shape index (κ3) is 3.88. The van der Waals surface area contributed by atoms with Crippen molar-refractivity contribution in [3.05, 3.63) is 63.8 Å². The summed E-state index contributed by atoms with van der Waals surface area (Å²) in [5, 5.41) is 16.0. The van der Waals surface area contributed by atoms with Crippen molar-refractivity contribution in [2.75, 3.05) is 5.75 Å². The molecule has 1 fully saturated rings. The van der Waals surface area contributed by atoms with Gasteiger partial charge in [0, 0.05) is 5.75 Å². The molecule has 3 heterocycles. The van der Waals surface area contributed by atoms with E-state index in [0.29, 0.717) is 11.3 Å². The van der Waals surface area contributed by atoms with E-state index >= 15 is 0 Å². The molecule has 2 amide bonds. The van der Waals surface area contributed by atoms with Gasteiger partial charge in [0.1, 0.15) is 17.1 Å². The molecule has 2 N–H and O–H groups in total. The molecule has 1 aromatic carbocycles. The van der Waals surface area contributed by atoms with Crippen molar-refractivity contribution in [2.24, 2.45) is 0 Å². The van der Waals surface area contributed by atoms with Crippen molar-refractivity contribution in [2.45, 2.75) is 24.8 Å². The number of rotatable bonds is 6. The topological polar surface area (TPSA) is 112 Å². The zero-order chi connectivity index (χ0) is 21.3. The van der Waals surface area contributed by atoms with E-state index in [9.17, 15) is 19.5 Å². The highest BCUT2D eigenvalue weighted by Gasteiger charge is 2.53. The number of hydrogen-bond acceptors (Lipinski definition) is 7. The molecule has 0 saturated carbocycles. The summed E-state index contributed by atoms with van der Waals surface area (Å²) in [7, 11) is 0. The average molecular weight is 443 g/mol. The number of hydrogen-bond donors (Lipinski definition) is 2. The zero-order valence-electron chi connectivity index (χ0n) is 15.9. The molecule has 2 atom stereocenters. The number of aromatic nitrogens is 2. The van der Waals surface area contributed by atoms with Gasteiger partial charge in [-0.1, -0.05) is 40.9 Å². The van der Waals surface area contributed by atoms with Gasteiger partial charge in [0.25, 0.3) is 5.91 Å². The van der Waals surface area contributed by atoms with Crippen LogP contribution in [0.5, 0.6) is 0 Å². The highest BCUT2D eigenvalue weighted by Crippen LogP contribution is 2.40. The number of carboxylic acids is 1. The highest BCUT2D eigenvalue weighted by molar-refractivity contribution is 8.00. The third-order valence-electron chi connectivity index (χ3n) is 4.85. The molecule has 0 spiro atoms.